The van der Waals surface area contributed by atoms with E-state index in [9.17, 15) is 5.11 Å². The first kappa shape index (κ1) is 15.2. The van der Waals surface area contributed by atoms with Gasteiger partial charge in [0.1, 0.15) is 0 Å². The Bertz CT molecular complexity index is 250. The number of fused-ring (bicyclic) bond motifs is 2. The summed E-state index contributed by atoms with van der Waals surface area (Å²) < 4.78 is 15.7. The van der Waals surface area contributed by atoms with Gasteiger partial charge >= 0.3 is 0 Å². The van der Waals surface area contributed by atoms with E-state index in [4.69, 9.17) is 14.2 Å². The fourth-order valence-corrected chi connectivity index (χ4v) is 3.16. The van der Waals surface area contributed by atoms with Crippen molar-refractivity contribution in [2.24, 2.45) is 0 Å². The molecule has 112 valence electrons. The van der Waals surface area contributed by atoms with Crippen molar-refractivity contribution in [1.29, 1.82) is 0 Å². The zero-order chi connectivity index (χ0) is 13.6. The quantitative estimate of drug-likeness (QED) is 0.606. The normalized spacial score (nSPS) is 33.8. The maximum Gasteiger partial charge on any atom is 0.0701 e. The van der Waals surface area contributed by atoms with Gasteiger partial charge in [0.15, 0.2) is 0 Å². The lowest BCUT2D eigenvalue weighted by atomic mass is 9.85. The van der Waals surface area contributed by atoms with Crippen LogP contribution in [0.25, 0.3) is 0 Å². The van der Waals surface area contributed by atoms with Gasteiger partial charge in [-0.15, -0.1) is 0 Å². The lowest BCUT2D eigenvalue weighted by molar-refractivity contribution is -0.0425. The smallest absolute Gasteiger partial charge is 0.0701 e. The van der Waals surface area contributed by atoms with E-state index in [-0.39, 0.29) is 0 Å². The molecule has 19 heavy (non-hydrogen) atoms. The standard InChI is InChI=1S/C14H27NO4/c1-17-6-7-19-9-8-18-5-4-14(16)10-12-2-3-13(11-14)15-12/h12-13,15-16H,2-11H2,1H3. The van der Waals surface area contributed by atoms with Crippen molar-refractivity contribution < 1.29 is 19.3 Å². The number of nitrogens with one attached hydrogen (secondary N) is 1. The molecule has 2 fully saturated rings. The third-order valence-corrected chi connectivity index (χ3v) is 4.10. The summed E-state index contributed by atoms with van der Waals surface area (Å²) in [5.74, 6) is 0. The molecule has 5 nitrogen and oxygen atoms in total. The minimum atomic E-state index is -0.520. The van der Waals surface area contributed by atoms with Crippen LogP contribution in [0, 0.1) is 0 Å². The third kappa shape index (κ3) is 5.00. The summed E-state index contributed by atoms with van der Waals surface area (Å²) in [5, 5.41) is 14.1. The average Bonchev–Trinajstić information content (AvgIpc) is 2.73. The van der Waals surface area contributed by atoms with Gasteiger partial charge in [0, 0.05) is 25.8 Å². The van der Waals surface area contributed by atoms with Gasteiger partial charge in [0.25, 0.3) is 0 Å². The number of piperidine rings is 1. The van der Waals surface area contributed by atoms with Crippen molar-refractivity contribution in [1.82, 2.24) is 5.32 Å². The lowest BCUT2D eigenvalue weighted by Gasteiger charge is -2.37. The molecule has 2 N–H and O–H groups in total. The summed E-state index contributed by atoms with van der Waals surface area (Å²) in [7, 11) is 1.66. The van der Waals surface area contributed by atoms with Crippen LogP contribution in [0.4, 0.5) is 0 Å². The molecule has 0 aromatic rings. The van der Waals surface area contributed by atoms with Crippen LogP contribution in [0.3, 0.4) is 0 Å². The maximum atomic E-state index is 10.6. The summed E-state index contributed by atoms with van der Waals surface area (Å²) in [6, 6.07) is 1.03. The fraction of sp³-hybridized carbons (Fsp3) is 1.00. The molecule has 0 amide bonds. The Morgan fingerprint density at radius 1 is 1.00 bits per heavy atom. The number of hydrogen-bond donors (Lipinski definition) is 2. The highest BCUT2D eigenvalue weighted by Gasteiger charge is 2.41. The van der Waals surface area contributed by atoms with Crippen LogP contribution in [0.5, 0.6) is 0 Å². The SMILES string of the molecule is COCCOCCOCCC1(O)CC2CCC(C1)N2. The van der Waals surface area contributed by atoms with Crippen LogP contribution in [-0.2, 0) is 14.2 Å². The Labute approximate surface area is 115 Å². The van der Waals surface area contributed by atoms with Crippen molar-refractivity contribution in [3.05, 3.63) is 0 Å². The predicted octanol–water partition coefficient (Wildman–Crippen LogP) is 0.702. The van der Waals surface area contributed by atoms with Crippen LogP contribution in [0.1, 0.15) is 32.1 Å². The molecule has 0 radical (unpaired) electrons. The average molecular weight is 273 g/mol. The summed E-state index contributed by atoms with van der Waals surface area (Å²) in [6.07, 6.45) is 4.90. The van der Waals surface area contributed by atoms with Crippen molar-refractivity contribution in [3.8, 4) is 0 Å². The van der Waals surface area contributed by atoms with Gasteiger partial charge in [0.2, 0.25) is 0 Å². The van der Waals surface area contributed by atoms with Crippen molar-refractivity contribution in [3.63, 3.8) is 0 Å². The Morgan fingerprint density at radius 3 is 2.21 bits per heavy atom. The van der Waals surface area contributed by atoms with Crippen molar-refractivity contribution in [2.45, 2.75) is 49.8 Å². The van der Waals surface area contributed by atoms with E-state index in [1.165, 1.54) is 12.8 Å². The zero-order valence-electron chi connectivity index (χ0n) is 11.9. The van der Waals surface area contributed by atoms with Gasteiger partial charge in [-0.2, -0.15) is 0 Å². The molecule has 2 aliphatic rings. The molecule has 2 rings (SSSR count). The predicted molar refractivity (Wildman–Crippen MR) is 72.3 cm³/mol. The van der Waals surface area contributed by atoms with E-state index < -0.39 is 5.60 Å². The third-order valence-electron chi connectivity index (χ3n) is 4.10. The molecular weight excluding hydrogens is 246 g/mol. The number of hydrogen-bond acceptors (Lipinski definition) is 5. The molecule has 2 bridgehead atoms. The second-order valence-electron chi connectivity index (χ2n) is 5.74. The number of ether oxygens (including phenoxy) is 3. The Hall–Kier alpha value is -0.200. The van der Waals surface area contributed by atoms with E-state index in [0.717, 1.165) is 19.3 Å². The molecule has 0 aromatic carbocycles. The van der Waals surface area contributed by atoms with Crippen LogP contribution in [0.15, 0.2) is 0 Å². The highest BCUT2D eigenvalue weighted by Crippen LogP contribution is 2.35. The largest absolute Gasteiger partial charge is 0.390 e. The lowest BCUT2D eigenvalue weighted by Crippen LogP contribution is -2.48. The molecule has 2 saturated heterocycles. The zero-order valence-corrected chi connectivity index (χ0v) is 11.9. The summed E-state index contributed by atoms with van der Waals surface area (Å²) in [6.45, 7) is 3.03. The van der Waals surface area contributed by atoms with E-state index in [1.54, 1.807) is 7.11 Å². The van der Waals surface area contributed by atoms with E-state index in [0.29, 0.717) is 45.1 Å². The first-order valence-corrected chi connectivity index (χ1v) is 7.35. The first-order chi connectivity index (χ1) is 9.22. The number of methoxy groups -OCH3 is 1. The first-order valence-electron chi connectivity index (χ1n) is 7.35. The molecule has 0 aliphatic carbocycles. The molecule has 2 aliphatic heterocycles. The molecule has 0 saturated carbocycles. The summed E-state index contributed by atoms with van der Waals surface area (Å²) >= 11 is 0. The van der Waals surface area contributed by atoms with Crippen LogP contribution in [-0.4, -0.2) is 62.9 Å². The second kappa shape index (κ2) is 7.55. The van der Waals surface area contributed by atoms with Gasteiger partial charge in [-0.1, -0.05) is 0 Å². The summed E-state index contributed by atoms with van der Waals surface area (Å²) in [4.78, 5) is 0. The maximum absolute atomic E-state index is 10.6. The molecule has 0 spiro atoms. The van der Waals surface area contributed by atoms with E-state index in [2.05, 4.69) is 5.32 Å². The molecule has 0 aromatic heterocycles. The second-order valence-corrected chi connectivity index (χ2v) is 5.74. The Kier molecular flexibility index (Phi) is 6.04. The van der Waals surface area contributed by atoms with Crippen LogP contribution >= 0.6 is 0 Å². The minimum absolute atomic E-state index is 0.515. The van der Waals surface area contributed by atoms with Gasteiger partial charge in [-0.25, -0.2) is 0 Å². The Balaban J connectivity index is 1.51. The highest BCUT2D eigenvalue weighted by atomic mass is 16.5. The molecule has 2 heterocycles. The number of aliphatic hydroxyl groups is 1. The van der Waals surface area contributed by atoms with Gasteiger partial charge in [-0.3, -0.25) is 0 Å². The highest BCUT2D eigenvalue weighted by molar-refractivity contribution is 4.99. The van der Waals surface area contributed by atoms with Gasteiger partial charge in [-0.05, 0) is 32.1 Å². The van der Waals surface area contributed by atoms with Gasteiger partial charge < -0.3 is 24.6 Å². The molecule has 5 heteroatoms. The Morgan fingerprint density at radius 2 is 1.58 bits per heavy atom. The summed E-state index contributed by atoms with van der Waals surface area (Å²) in [5.41, 5.74) is -0.520. The molecule has 2 unspecified atom stereocenters. The minimum Gasteiger partial charge on any atom is -0.390 e. The van der Waals surface area contributed by atoms with Crippen LogP contribution in [0.2, 0.25) is 0 Å². The van der Waals surface area contributed by atoms with E-state index in [1.807, 2.05) is 0 Å². The van der Waals surface area contributed by atoms with Crippen molar-refractivity contribution in [2.75, 3.05) is 40.1 Å². The molecule has 2 atom stereocenters. The number of rotatable bonds is 9. The van der Waals surface area contributed by atoms with E-state index >= 15 is 0 Å². The van der Waals surface area contributed by atoms with Gasteiger partial charge in [0.05, 0.1) is 32.0 Å². The fourth-order valence-electron chi connectivity index (χ4n) is 3.16. The van der Waals surface area contributed by atoms with Crippen LogP contribution < -0.4 is 5.32 Å². The monoisotopic (exact) mass is 273 g/mol. The molecular formula is C14H27NO4. The van der Waals surface area contributed by atoms with Crippen molar-refractivity contribution >= 4 is 0 Å². The topological polar surface area (TPSA) is 60.0 Å².